The summed E-state index contributed by atoms with van der Waals surface area (Å²) in [6.45, 7) is 12.3. The lowest BCUT2D eigenvalue weighted by molar-refractivity contribution is 0.126. The molecule has 0 spiro atoms. The molecule has 1 aliphatic rings. The first-order valence-corrected chi connectivity index (χ1v) is 9.63. The van der Waals surface area contributed by atoms with Crippen molar-refractivity contribution in [2.75, 3.05) is 46.3 Å². The molecule has 0 saturated carbocycles. The third kappa shape index (κ3) is 9.19. The minimum atomic E-state index is 0. The van der Waals surface area contributed by atoms with Crippen molar-refractivity contribution in [3.05, 3.63) is 35.9 Å². The van der Waals surface area contributed by atoms with Gasteiger partial charge < -0.3 is 15.5 Å². The normalized spacial score (nSPS) is 16.4. The molecule has 0 bridgehead atoms. The van der Waals surface area contributed by atoms with Crippen LogP contribution in [0.2, 0.25) is 0 Å². The van der Waals surface area contributed by atoms with Crippen LogP contribution < -0.4 is 10.6 Å². The minimum absolute atomic E-state index is 0. The molecule has 2 N–H and O–H groups in total. The predicted octanol–water partition coefficient (Wildman–Crippen LogP) is 2.78. The third-order valence-corrected chi connectivity index (χ3v) is 4.56. The van der Waals surface area contributed by atoms with E-state index in [1.54, 1.807) is 0 Å². The van der Waals surface area contributed by atoms with Gasteiger partial charge >= 0.3 is 0 Å². The topological polar surface area (TPSA) is 42.9 Å². The molecule has 1 aromatic carbocycles. The molecule has 148 valence electrons. The molecular weight excluding hydrogens is 437 g/mol. The van der Waals surface area contributed by atoms with Gasteiger partial charge in [-0.05, 0) is 38.8 Å². The molecule has 6 heteroatoms. The number of guanidine groups is 1. The molecule has 0 aromatic heterocycles. The van der Waals surface area contributed by atoms with Gasteiger partial charge in [-0.1, -0.05) is 30.3 Å². The molecule has 1 aliphatic heterocycles. The number of halogens is 1. The monoisotopic (exact) mass is 473 g/mol. The lowest BCUT2D eigenvalue weighted by Crippen LogP contribution is -2.46. The summed E-state index contributed by atoms with van der Waals surface area (Å²) in [4.78, 5) is 9.40. The summed E-state index contributed by atoms with van der Waals surface area (Å²) in [5, 5.41) is 6.70. The van der Waals surface area contributed by atoms with Crippen LogP contribution in [0.4, 0.5) is 0 Å². The van der Waals surface area contributed by atoms with E-state index in [0.717, 1.165) is 19.0 Å². The zero-order valence-corrected chi connectivity index (χ0v) is 18.9. The lowest BCUT2D eigenvalue weighted by Gasteiger charge is -2.34. The second kappa shape index (κ2) is 13.3. The van der Waals surface area contributed by atoms with Crippen molar-refractivity contribution in [1.82, 2.24) is 20.4 Å². The Morgan fingerprint density at radius 2 is 1.69 bits per heavy atom. The van der Waals surface area contributed by atoms with Gasteiger partial charge in [0.2, 0.25) is 0 Å². The molecule has 5 nitrogen and oxygen atoms in total. The number of nitrogens with zero attached hydrogens (tertiary/aromatic N) is 3. The first-order valence-electron chi connectivity index (χ1n) is 9.63. The fraction of sp³-hybridized carbons (Fsp3) is 0.650. The van der Waals surface area contributed by atoms with E-state index in [-0.39, 0.29) is 24.0 Å². The zero-order valence-electron chi connectivity index (χ0n) is 16.6. The Morgan fingerprint density at radius 1 is 1.04 bits per heavy atom. The third-order valence-electron chi connectivity index (χ3n) is 4.56. The fourth-order valence-electron chi connectivity index (χ4n) is 3.15. The van der Waals surface area contributed by atoms with Gasteiger partial charge in [0.15, 0.2) is 5.96 Å². The molecule has 1 aromatic rings. The quantitative estimate of drug-likeness (QED) is 0.264. The standard InChI is InChI=1S/C20H35N5.HI/c1-18(2)23-20(21-3)22-11-7-8-12-24-13-15-25(16-14-24)17-19-9-5-4-6-10-19;/h4-6,9-10,18H,7-8,11-17H2,1-3H3,(H2,21,22,23);1H. The van der Waals surface area contributed by atoms with E-state index in [9.17, 15) is 0 Å². The Bertz CT molecular complexity index is 498. The fourth-order valence-corrected chi connectivity index (χ4v) is 3.15. The molecule has 0 unspecified atom stereocenters. The van der Waals surface area contributed by atoms with Gasteiger partial charge in [0.05, 0.1) is 0 Å². The van der Waals surface area contributed by atoms with Gasteiger partial charge in [-0.2, -0.15) is 0 Å². The van der Waals surface area contributed by atoms with E-state index in [2.05, 4.69) is 69.6 Å². The van der Waals surface area contributed by atoms with Crippen molar-refractivity contribution >= 4 is 29.9 Å². The highest BCUT2D eigenvalue weighted by Gasteiger charge is 2.16. The van der Waals surface area contributed by atoms with E-state index in [4.69, 9.17) is 0 Å². The van der Waals surface area contributed by atoms with E-state index in [1.807, 2.05) is 7.05 Å². The van der Waals surface area contributed by atoms with Crippen molar-refractivity contribution in [3.8, 4) is 0 Å². The molecule has 0 amide bonds. The van der Waals surface area contributed by atoms with Crippen LogP contribution in [0, 0.1) is 0 Å². The molecular formula is C20H36IN5. The zero-order chi connectivity index (χ0) is 17.9. The Morgan fingerprint density at radius 3 is 2.31 bits per heavy atom. The number of hydrogen-bond donors (Lipinski definition) is 2. The van der Waals surface area contributed by atoms with Crippen molar-refractivity contribution in [3.63, 3.8) is 0 Å². The number of nitrogens with one attached hydrogen (secondary N) is 2. The summed E-state index contributed by atoms with van der Waals surface area (Å²) in [6, 6.07) is 11.2. The number of piperazine rings is 1. The van der Waals surface area contributed by atoms with Gasteiger partial charge in [0.1, 0.15) is 0 Å². The van der Waals surface area contributed by atoms with Gasteiger partial charge in [-0.25, -0.2) is 0 Å². The smallest absolute Gasteiger partial charge is 0.191 e. The summed E-state index contributed by atoms with van der Waals surface area (Å²) in [5.41, 5.74) is 1.42. The van der Waals surface area contributed by atoms with Crippen LogP contribution in [0.15, 0.2) is 35.3 Å². The van der Waals surface area contributed by atoms with Crippen LogP contribution in [0.1, 0.15) is 32.3 Å². The van der Waals surface area contributed by atoms with Gasteiger partial charge in [-0.3, -0.25) is 9.89 Å². The Hall–Kier alpha value is -0.860. The lowest BCUT2D eigenvalue weighted by atomic mass is 10.2. The molecule has 0 aliphatic carbocycles. The number of rotatable bonds is 8. The number of unbranched alkanes of at least 4 members (excludes halogenated alkanes) is 1. The average molecular weight is 473 g/mol. The van der Waals surface area contributed by atoms with E-state index < -0.39 is 0 Å². The highest BCUT2D eigenvalue weighted by atomic mass is 127. The Balaban J connectivity index is 0.00000338. The Labute approximate surface area is 176 Å². The molecule has 26 heavy (non-hydrogen) atoms. The summed E-state index contributed by atoms with van der Waals surface area (Å²) in [5.74, 6) is 0.907. The average Bonchev–Trinajstić information content (AvgIpc) is 2.62. The van der Waals surface area contributed by atoms with Crippen LogP contribution in [-0.4, -0.2) is 68.1 Å². The van der Waals surface area contributed by atoms with E-state index in [1.165, 1.54) is 51.1 Å². The number of hydrogen-bond acceptors (Lipinski definition) is 3. The van der Waals surface area contributed by atoms with Crippen LogP contribution >= 0.6 is 24.0 Å². The summed E-state index contributed by atoms with van der Waals surface area (Å²) in [7, 11) is 1.83. The Kier molecular flexibility index (Phi) is 11.9. The second-order valence-electron chi connectivity index (χ2n) is 7.11. The first kappa shape index (κ1) is 23.2. The summed E-state index contributed by atoms with van der Waals surface area (Å²) in [6.07, 6.45) is 2.42. The maximum absolute atomic E-state index is 4.24. The van der Waals surface area contributed by atoms with Crippen LogP contribution in [0.3, 0.4) is 0 Å². The molecule has 2 rings (SSSR count). The molecule has 0 atom stereocenters. The molecule has 0 radical (unpaired) electrons. The van der Waals surface area contributed by atoms with Crippen molar-refractivity contribution in [2.45, 2.75) is 39.3 Å². The van der Waals surface area contributed by atoms with Crippen molar-refractivity contribution in [1.29, 1.82) is 0 Å². The highest BCUT2D eigenvalue weighted by molar-refractivity contribution is 14.0. The number of aliphatic imine (C=N–C) groups is 1. The van der Waals surface area contributed by atoms with Crippen molar-refractivity contribution < 1.29 is 0 Å². The maximum Gasteiger partial charge on any atom is 0.191 e. The predicted molar refractivity (Wildman–Crippen MR) is 122 cm³/mol. The first-order chi connectivity index (χ1) is 12.2. The SMILES string of the molecule is CN=C(NCCCCN1CCN(Cc2ccccc2)CC1)NC(C)C.I. The maximum atomic E-state index is 4.24. The minimum Gasteiger partial charge on any atom is -0.356 e. The van der Waals surface area contributed by atoms with Gasteiger partial charge in [0, 0.05) is 52.4 Å². The summed E-state index contributed by atoms with van der Waals surface area (Å²) < 4.78 is 0. The van der Waals surface area contributed by atoms with Crippen LogP contribution in [-0.2, 0) is 6.54 Å². The summed E-state index contributed by atoms with van der Waals surface area (Å²) >= 11 is 0. The van der Waals surface area contributed by atoms with E-state index >= 15 is 0 Å². The van der Waals surface area contributed by atoms with Crippen molar-refractivity contribution in [2.24, 2.45) is 4.99 Å². The second-order valence-corrected chi connectivity index (χ2v) is 7.11. The number of benzene rings is 1. The molecule has 1 heterocycles. The van der Waals surface area contributed by atoms with E-state index in [0.29, 0.717) is 6.04 Å². The molecule has 1 saturated heterocycles. The van der Waals surface area contributed by atoms with Crippen LogP contribution in [0.25, 0.3) is 0 Å². The van der Waals surface area contributed by atoms with Crippen LogP contribution in [0.5, 0.6) is 0 Å². The van der Waals surface area contributed by atoms with Gasteiger partial charge in [0.25, 0.3) is 0 Å². The highest BCUT2D eigenvalue weighted by Crippen LogP contribution is 2.08. The largest absolute Gasteiger partial charge is 0.356 e. The molecule has 1 fully saturated rings. The van der Waals surface area contributed by atoms with Gasteiger partial charge in [-0.15, -0.1) is 24.0 Å².